The van der Waals surface area contributed by atoms with Gasteiger partial charge in [-0.15, -0.1) is 0 Å². The largest absolute Gasteiger partial charge is 0.298 e. The lowest BCUT2D eigenvalue weighted by molar-refractivity contribution is 0.102. The summed E-state index contributed by atoms with van der Waals surface area (Å²) in [6.45, 7) is 3.74. The van der Waals surface area contributed by atoms with Crippen molar-refractivity contribution >= 4 is 22.4 Å². The minimum atomic E-state index is -0.357. The minimum Gasteiger partial charge on any atom is -0.298 e. The van der Waals surface area contributed by atoms with Gasteiger partial charge in [-0.05, 0) is 56.3 Å². The van der Waals surface area contributed by atoms with Crippen LogP contribution in [-0.4, -0.2) is 20.7 Å². The summed E-state index contributed by atoms with van der Waals surface area (Å²) in [7, 11) is 0. The van der Waals surface area contributed by atoms with Crippen molar-refractivity contribution in [3.05, 3.63) is 88.5 Å². The van der Waals surface area contributed by atoms with Crippen molar-refractivity contribution in [2.45, 2.75) is 19.9 Å². The Kier molecular flexibility index (Phi) is 5.73. The van der Waals surface area contributed by atoms with Crippen LogP contribution in [0.1, 0.15) is 30.2 Å². The van der Waals surface area contributed by atoms with Crippen molar-refractivity contribution in [2.24, 2.45) is 0 Å². The highest BCUT2D eigenvalue weighted by molar-refractivity contribution is 7.19. The summed E-state index contributed by atoms with van der Waals surface area (Å²) in [5.74, 6) is -0.642. The Balaban J connectivity index is 1.79. The summed E-state index contributed by atoms with van der Waals surface area (Å²) >= 11 is 1.25. The molecule has 0 bridgehead atoms. The number of halogens is 1. The highest BCUT2D eigenvalue weighted by atomic mass is 32.1. The molecule has 31 heavy (non-hydrogen) atoms. The van der Waals surface area contributed by atoms with Gasteiger partial charge in [0.25, 0.3) is 11.5 Å². The standard InChI is InChI=1S/C23H19FN4O2S/c1-14(2)28-19(29)13-12-18(27-28)21-20(15-8-10-17(24)11-9-15)25-23(31-21)26-22(30)16-6-4-3-5-7-16/h3-14H,1-2H3,(H,25,26,30). The number of thiazole rings is 1. The number of carbonyl (C=O) groups excluding carboxylic acids is 1. The van der Waals surface area contributed by atoms with Crippen LogP contribution < -0.4 is 10.9 Å². The molecule has 0 spiro atoms. The Morgan fingerprint density at radius 2 is 1.74 bits per heavy atom. The number of benzene rings is 2. The van der Waals surface area contributed by atoms with Gasteiger partial charge in [0, 0.05) is 17.2 Å². The third-order valence-electron chi connectivity index (χ3n) is 4.55. The lowest BCUT2D eigenvalue weighted by Gasteiger charge is -2.09. The molecule has 0 aliphatic rings. The van der Waals surface area contributed by atoms with Crippen LogP contribution in [0.25, 0.3) is 21.8 Å². The van der Waals surface area contributed by atoms with E-state index in [0.29, 0.717) is 32.5 Å². The quantitative estimate of drug-likeness (QED) is 0.479. The molecule has 2 aromatic carbocycles. The molecule has 0 aliphatic carbocycles. The van der Waals surface area contributed by atoms with Crippen LogP contribution in [0, 0.1) is 5.82 Å². The van der Waals surface area contributed by atoms with Gasteiger partial charge in [0.15, 0.2) is 5.13 Å². The molecule has 6 nitrogen and oxygen atoms in total. The summed E-state index contributed by atoms with van der Waals surface area (Å²) < 4.78 is 14.8. The topological polar surface area (TPSA) is 76.9 Å². The number of hydrogen-bond acceptors (Lipinski definition) is 5. The summed E-state index contributed by atoms with van der Waals surface area (Å²) in [5.41, 5.74) is 2.08. The summed E-state index contributed by atoms with van der Waals surface area (Å²) in [6.07, 6.45) is 0. The van der Waals surface area contributed by atoms with E-state index in [9.17, 15) is 14.0 Å². The molecule has 1 amide bonds. The molecule has 1 N–H and O–H groups in total. The Morgan fingerprint density at radius 1 is 1.03 bits per heavy atom. The second-order valence-corrected chi connectivity index (χ2v) is 8.12. The van der Waals surface area contributed by atoms with E-state index in [0.717, 1.165) is 0 Å². The second kappa shape index (κ2) is 8.61. The fourth-order valence-electron chi connectivity index (χ4n) is 3.03. The van der Waals surface area contributed by atoms with E-state index in [1.807, 2.05) is 19.9 Å². The number of nitrogens with one attached hydrogen (secondary N) is 1. The lowest BCUT2D eigenvalue weighted by atomic mass is 10.1. The summed E-state index contributed by atoms with van der Waals surface area (Å²) in [5, 5.41) is 7.68. The van der Waals surface area contributed by atoms with Gasteiger partial charge in [-0.1, -0.05) is 29.5 Å². The van der Waals surface area contributed by atoms with Gasteiger partial charge < -0.3 is 0 Å². The van der Waals surface area contributed by atoms with Crippen molar-refractivity contribution in [3.63, 3.8) is 0 Å². The van der Waals surface area contributed by atoms with Crippen molar-refractivity contribution in [1.82, 2.24) is 14.8 Å². The Hall–Kier alpha value is -3.65. The zero-order valence-electron chi connectivity index (χ0n) is 16.9. The van der Waals surface area contributed by atoms with Crippen molar-refractivity contribution in [3.8, 4) is 21.8 Å². The monoisotopic (exact) mass is 434 g/mol. The average Bonchev–Trinajstić information content (AvgIpc) is 3.18. The molecule has 0 fully saturated rings. The molecule has 156 valence electrons. The molecule has 0 saturated carbocycles. The maximum absolute atomic E-state index is 13.5. The maximum atomic E-state index is 13.5. The first kappa shape index (κ1) is 20.6. The van der Waals surface area contributed by atoms with E-state index in [1.54, 1.807) is 42.5 Å². The third kappa shape index (κ3) is 4.44. The zero-order valence-corrected chi connectivity index (χ0v) is 17.7. The van der Waals surface area contributed by atoms with Crippen LogP contribution >= 0.6 is 11.3 Å². The average molecular weight is 434 g/mol. The first-order chi connectivity index (χ1) is 14.9. The Bertz CT molecular complexity index is 1280. The van der Waals surface area contributed by atoms with Crippen molar-refractivity contribution in [2.75, 3.05) is 5.32 Å². The molecule has 4 rings (SSSR count). The molecule has 2 heterocycles. The van der Waals surface area contributed by atoms with Gasteiger partial charge in [-0.25, -0.2) is 14.1 Å². The molecular formula is C23H19FN4O2S. The first-order valence-electron chi connectivity index (χ1n) is 9.66. The van der Waals surface area contributed by atoms with Gasteiger partial charge in [-0.3, -0.25) is 14.9 Å². The molecule has 4 aromatic rings. The summed E-state index contributed by atoms with van der Waals surface area (Å²) in [4.78, 5) is 30.0. The number of hydrogen-bond donors (Lipinski definition) is 1. The van der Waals surface area contributed by atoms with Gasteiger partial charge in [-0.2, -0.15) is 5.10 Å². The van der Waals surface area contributed by atoms with E-state index < -0.39 is 0 Å². The molecule has 0 unspecified atom stereocenters. The second-order valence-electron chi connectivity index (χ2n) is 7.12. The van der Waals surface area contributed by atoms with E-state index in [-0.39, 0.29) is 23.3 Å². The number of anilines is 1. The predicted octanol–water partition coefficient (Wildman–Crippen LogP) is 5.01. The van der Waals surface area contributed by atoms with Crippen molar-refractivity contribution < 1.29 is 9.18 Å². The smallest absolute Gasteiger partial charge is 0.267 e. The molecule has 0 saturated heterocycles. The van der Waals surface area contributed by atoms with Crippen molar-refractivity contribution in [1.29, 1.82) is 0 Å². The van der Waals surface area contributed by atoms with Crippen LogP contribution in [0.5, 0.6) is 0 Å². The fraction of sp³-hybridized carbons (Fsp3) is 0.130. The molecule has 0 radical (unpaired) electrons. The Morgan fingerprint density at radius 3 is 2.42 bits per heavy atom. The lowest BCUT2D eigenvalue weighted by Crippen LogP contribution is -2.23. The van der Waals surface area contributed by atoms with E-state index in [2.05, 4.69) is 15.4 Å². The molecule has 2 aromatic heterocycles. The third-order valence-corrected chi connectivity index (χ3v) is 5.54. The normalized spacial score (nSPS) is 11.0. The van der Waals surface area contributed by atoms with Gasteiger partial charge in [0.2, 0.25) is 0 Å². The first-order valence-corrected chi connectivity index (χ1v) is 10.5. The zero-order chi connectivity index (χ0) is 22.0. The number of nitrogens with zero attached hydrogens (tertiary/aromatic N) is 3. The van der Waals surface area contributed by atoms with Crippen LogP contribution in [0.3, 0.4) is 0 Å². The fourth-order valence-corrected chi connectivity index (χ4v) is 3.97. The van der Waals surface area contributed by atoms with Crippen LogP contribution in [0.2, 0.25) is 0 Å². The van der Waals surface area contributed by atoms with E-state index in [4.69, 9.17) is 0 Å². The minimum absolute atomic E-state index is 0.119. The van der Waals surface area contributed by atoms with Crippen LogP contribution in [0.15, 0.2) is 71.5 Å². The predicted molar refractivity (Wildman–Crippen MR) is 120 cm³/mol. The van der Waals surface area contributed by atoms with Crippen LogP contribution in [-0.2, 0) is 0 Å². The van der Waals surface area contributed by atoms with E-state index >= 15 is 0 Å². The highest BCUT2D eigenvalue weighted by Crippen LogP contribution is 2.38. The molecule has 8 heteroatoms. The molecule has 0 atom stereocenters. The SMILES string of the molecule is CC(C)n1nc(-c2sc(NC(=O)c3ccccc3)nc2-c2ccc(F)cc2)ccc1=O. The van der Waals surface area contributed by atoms with Gasteiger partial charge >= 0.3 is 0 Å². The number of rotatable bonds is 5. The van der Waals surface area contributed by atoms with Gasteiger partial charge in [0.1, 0.15) is 11.5 Å². The van der Waals surface area contributed by atoms with Crippen LogP contribution in [0.4, 0.5) is 9.52 Å². The van der Waals surface area contributed by atoms with E-state index in [1.165, 1.54) is 34.2 Å². The Labute approximate surface area is 182 Å². The maximum Gasteiger partial charge on any atom is 0.267 e. The number of carbonyl (C=O) groups is 1. The molecular weight excluding hydrogens is 415 g/mol. The summed E-state index contributed by atoms with van der Waals surface area (Å²) in [6, 6.07) is 17.7. The number of amides is 1. The molecule has 0 aliphatic heterocycles. The highest BCUT2D eigenvalue weighted by Gasteiger charge is 2.19. The number of aromatic nitrogens is 3. The van der Waals surface area contributed by atoms with Gasteiger partial charge in [0.05, 0.1) is 16.6 Å².